The molecule has 2 rings (SSSR count). The lowest BCUT2D eigenvalue weighted by Gasteiger charge is -2.52. The highest BCUT2D eigenvalue weighted by Crippen LogP contribution is 2.39. The van der Waals surface area contributed by atoms with Crippen molar-refractivity contribution in [2.24, 2.45) is 0 Å². The van der Waals surface area contributed by atoms with Crippen molar-refractivity contribution in [1.29, 1.82) is 0 Å². The van der Waals surface area contributed by atoms with E-state index in [1.807, 2.05) is 20.8 Å². The average Bonchev–Trinajstić information content (AvgIpc) is 2.34. The van der Waals surface area contributed by atoms with Crippen molar-refractivity contribution in [3.8, 4) is 0 Å². The molecular formula is C17H25BrNO2+. The second kappa shape index (κ2) is 5.73. The summed E-state index contributed by atoms with van der Waals surface area (Å²) in [4.78, 5) is 12.4. The summed E-state index contributed by atoms with van der Waals surface area (Å²) in [5.41, 5.74) is 0.840. The predicted octanol–water partition coefficient (Wildman–Crippen LogP) is 4.07. The first-order valence-corrected chi connectivity index (χ1v) is 8.26. The molecule has 0 aliphatic carbocycles. The monoisotopic (exact) mass is 354 g/mol. The molecule has 116 valence electrons. The Labute approximate surface area is 136 Å². The van der Waals surface area contributed by atoms with Crippen molar-refractivity contribution < 1.29 is 14.0 Å². The molecular weight excluding hydrogens is 330 g/mol. The molecule has 1 aromatic carbocycles. The maximum atomic E-state index is 12.4. The predicted molar refractivity (Wildman–Crippen MR) is 87.9 cm³/mol. The van der Waals surface area contributed by atoms with E-state index in [4.69, 9.17) is 4.74 Å². The number of carbonyl (C=O) groups is 1. The van der Waals surface area contributed by atoms with Gasteiger partial charge in [-0.3, -0.25) is 0 Å². The van der Waals surface area contributed by atoms with E-state index in [2.05, 4.69) is 54.2 Å². The van der Waals surface area contributed by atoms with Gasteiger partial charge in [0.15, 0.2) is 6.04 Å². The summed E-state index contributed by atoms with van der Waals surface area (Å²) in [6, 6.07) is 8.60. The van der Waals surface area contributed by atoms with Gasteiger partial charge in [-0.2, -0.15) is 0 Å². The number of likely N-dealkylation sites (tertiary alicyclic amines) is 1. The van der Waals surface area contributed by atoms with Gasteiger partial charge in [0.25, 0.3) is 0 Å². The highest BCUT2D eigenvalue weighted by molar-refractivity contribution is 9.10. The Morgan fingerprint density at radius 3 is 2.33 bits per heavy atom. The highest BCUT2D eigenvalue weighted by atomic mass is 79.9. The fourth-order valence-electron chi connectivity index (χ4n) is 2.94. The molecule has 1 aromatic rings. The van der Waals surface area contributed by atoms with Crippen LogP contribution in [0.15, 0.2) is 28.7 Å². The van der Waals surface area contributed by atoms with Gasteiger partial charge in [-0.05, 0) is 39.8 Å². The second-order valence-corrected chi connectivity index (χ2v) is 8.05. The van der Waals surface area contributed by atoms with E-state index >= 15 is 0 Å². The summed E-state index contributed by atoms with van der Waals surface area (Å²) >= 11 is 3.46. The number of likely N-dealkylation sites (N-methyl/N-ethyl adjacent to an activating group) is 1. The number of ether oxygens (including phenoxy) is 1. The average molecular weight is 355 g/mol. The minimum Gasteiger partial charge on any atom is -0.456 e. The van der Waals surface area contributed by atoms with E-state index in [0.717, 1.165) is 21.9 Å². The fraction of sp³-hybridized carbons (Fsp3) is 0.588. The Hall–Kier alpha value is -0.870. The van der Waals surface area contributed by atoms with Gasteiger partial charge >= 0.3 is 5.97 Å². The number of hydrogen-bond acceptors (Lipinski definition) is 2. The van der Waals surface area contributed by atoms with Crippen LogP contribution in [0.2, 0.25) is 0 Å². The first-order valence-electron chi connectivity index (χ1n) is 7.47. The minimum absolute atomic E-state index is 0.0529. The van der Waals surface area contributed by atoms with Crippen LogP contribution in [0.1, 0.15) is 45.7 Å². The van der Waals surface area contributed by atoms with Crippen LogP contribution in [0.5, 0.6) is 0 Å². The lowest BCUT2D eigenvalue weighted by Crippen LogP contribution is -2.67. The zero-order valence-electron chi connectivity index (χ0n) is 13.5. The molecule has 3 unspecified atom stereocenters. The number of esters is 1. The molecule has 1 aliphatic rings. The van der Waals surface area contributed by atoms with Crippen LogP contribution >= 0.6 is 15.9 Å². The number of halogens is 1. The van der Waals surface area contributed by atoms with Gasteiger partial charge in [0.2, 0.25) is 0 Å². The molecule has 4 heteroatoms. The van der Waals surface area contributed by atoms with Gasteiger partial charge in [-0.25, -0.2) is 4.79 Å². The molecule has 21 heavy (non-hydrogen) atoms. The van der Waals surface area contributed by atoms with Crippen molar-refractivity contribution in [2.45, 2.75) is 51.8 Å². The van der Waals surface area contributed by atoms with Crippen LogP contribution < -0.4 is 0 Å². The summed E-state index contributed by atoms with van der Waals surface area (Å²) in [7, 11) is 2.16. The Bertz CT molecular complexity index is 521. The van der Waals surface area contributed by atoms with Gasteiger partial charge < -0.3 is 9.22 Å². The summed E-state index contributed by atoms with van der Waals surface area (Å²) in [6.45, 7) is 8.98. The molecule has 1 saturated heterocycles. The van der Waals surface area contributed by atoms with Crippen LogP contribution in [0.4, 0.5) is 0 Å². The first-order chi connectivity index (χ1) is 9.63. The van der Waals surface area contributed by atoms with E-state index in [9.17, 15) is 4.79 Å². The standard InChI is InChI=1S/C17H25BrNO2/c1-12(13-6-8-14(18)9-7-13)19(5)11-10-15(19)16(20)21-17(2,3)4/h6-9,12,15H,10-11H2,1-5H3/q+1. The van der Waals surface area contributed by atoms with Gasteiger partial charge in [0, 0.05) is 10.0 Å². The van der Waals surface area contributed by atoms with Crippen molar-refractivity contribution in [2.75, 3.05) is 13.6 Å². The van der Waals surface area contributed by atoms with Crippen molar-refractivity contribution in [3.05, 3.63) is 34.3 Å². The summed E-state index contributed by atoms with van der Waals surface area (Å²) in [5.74, 6) is -0.0692. The maximum absolute atomic E-state index is 12.4. The normalized spacial score (nSPS) is 26.9. The van der Waals surface area contributed by atoms with E-state index in [-0.39, 0.29) is 18.1 Å². The lowest BCUT2D eigenvalue weighted by molar-refractivity contribution is -0.989. The first kappa shape index (κ1) is 16.5. The lowest BCUT2D eigenvalue weighted by atomic mass is 9.91. The molecule has 0 saturated carbocycles. The van der Waals surface area contributed by atoms with Crippen LogP contribution in [-0.2, 0) is 9.53 Å². The maximum Gasteiger partial charge on any atom is 0.365 e. The fourth-order valence-corrected chi connectivity index (χ4v) is 3.20. The Morgan fingerprint density at radius 1 is 1.33 bits per heavy atom. The Kier molecular flexibility index (Phi) is 4.50. The zero-order chi connectivity index (χ0) is 15.8. The Balaban J connectivity index is 2.14. The van der Waals surface area contributed by atoms with E-state index in [1.54, 1.807) is 0 Å². The molecule has 0 spiro atoms. The molecule has 0 amide bonds. The second-order valence-electron chi connectivity index (χ2n) is 7.14. The third kappa shape index (κ3) is 3.49. The SMILES string of the molecule is CC(c1ccc(Br)cc1)[N+]1(C)CCC1C(=O)OC(C)(C)C. The minimum atomic E-state index is -0.418. The van der Waals surface area contributed by atoms with Crippen molar-refractivity contribution >= 4 is 21.9 Å². The highest BCUT2D eigenvalue weighted by Gasteiger charge is 2.52. The molecule has 3 atom stereocenters. The molecule has 0 bridgehead atoms. The number of quaternary nitrogens is 1. The van der Waals surface area contributed by atoms with E-state index in [1.165, 1.54) is 5.56 Å². The smallest absolute Gasteiger partial charge is 0.365 e. The van der Waals surface area contributed by atoms with Gasteiger partial charge in [0.05, 0.1) is 20.0 Å². The number of carbonyl (C=O) groups excluding carboxylic acids is 1. The van der Waals surface area contributed by atoms with Crippen LogP contribution in [-0.4, -0.2) is 35.7 Å². The molecule has 0 N–H and O–H groups in total. The number of rotatable bonds is 3. The van der Waals surface area contributed by atoms with E-state index in [0.29, 0.717) is 0 Å². The quantitative estimate of drug-likeness (QED) is 0.604. The third-order valence-electron chi connectivity index (χ3n) is 4.51. The molecule has 1 aliphatic heterocycles. The van der Waals surface area contributed by atoms with Crippen molar-refractivity contribution in [1.82, 2.24) is 0 Å². The van der Waals surface area contributed by atoms with Gasteiger partial charge in [-0.1, -0.05) is 28.1 Å². The Morgan fingerprint density at radius 2 is 1.90 bits per heavy atom. The summed E-state index contributed by atoms with van der Waals surface area (Å²) in [6.07, 6.45) is 0.909. The van der Waals surface area contributed by atoms with Crippen molar-refractivity contribution in [3.63, 3.8) is 0 Å². The molecule has 1 fully saturated rings. The number of nitrogens with zero attached hydrogens (tertiary/aromatic N) is 1. The summed E-state index contributed by atoms with van der Waals surface area (Å²) < 4.78 is 7.39. The number of benzene rings is 1. The topological polar surface area (TPSA) is 26.3 Å². The van der Waals surface area contributed by atoms with Crippen LogP contribution in [0.3, 0.4) is 0 Å². The zero-order valence-corrected chi connectivity index (χ0v) is 15.1. The van der Waals surface area contributed by atoms with E-state index < -0.39 is 5.60 Å². The number of hydrogen-bond donors (Lipinski definition) is 0. The molecule has 0 radical (unpaired) electrons. The van der Waals surface area contributed by atoms with Gasteiger partial charge in [0.1, 0.15) is 11.6 Å². The third-order valence-corrected chi connectivity index (χ3v) is 5.04. The van der Waals surface area contributed by atoms with Crippen LogP contribution in [0, 0.1) is 0 Å². The largest absolute Gasteiger partial charge is 0.456 e. The molecule has 3 nitrogen and oxygen atoms in total. The van der Waals surface area contributed by atoms with Crippen LogP contribution in [0.25, 0.3) is 0 Å². The van der Waals surface area contributed by atoms with Gasteiger partial charge in [-0.15, -0.1) is 0 Å². The molecule has 0 aromatic heterocycles. The summed E-state index contributed by atoms with van der Waals surface area (Å²) in [5, 5.41) is 0. The molecule has 1 heterocycles.